The van der Waals surface area contributed by atoms with Gasteiger partial charge in [-0.1, -0.05) is 41.5 Å². The molecule has 0 spiro atoms. The summed E-state index contributed by atoms with van der Waals surface area (Å²) in [6.45, 7) is 14.2. The largest absolute Gasteiger partial charge is 0.352 e. The molecule has 0 aromatic heterocycles. The molecule has 0 aliphatic carbocycles. The van der Waals surface area contributed by atoms with Crippen LogP contribution in [0.3, 0.4) is 0 Å². The van der Waals surface area contributed by atoms with Crippen LogP contribution < -0.4 is 0 Å². The van der Waals surface area contributed by atoms with Crippen molar-refractivity contribution in [1.29, 1.82) is 0 Å². The fourth-order valence-electron chi connectivity index (χ4n) is 2.28. The van der Waals surface area contributed by atoms with Gasteiger partial charge in [0.15, 0.2) is 0 Å². The van der Waals surface area contributed by atoms with Crippen LogP contribution in [0.2, 0.25) is 0 Å². The van der Waals surface area contributed by atoms with Crippen LogP contribution in [0.25, 0.3) is 0 Å². The summed E-state index contributed by atoms with van der Waals surface area (Å²) in [6, 6.07) is 0. The second-order valence-corrected chi connectivity index (χ2v) is 7.80. The molecule has 0 aromatic rings. The van der Waals surface area contributed by atoms with Gasteiger partial charge in [-0.15, -0.1) is 0 Å². The minimum atomic E-state index is 0.344. The molecular weight excluding hydrogens is 212 g/mol. The molecule has 2 unspecified atom stereocenters. The van der Waals surface area contributed by atoms with Crippen LogP contribution in [0.5, 0.6) is 0 Å². The number of ether oxygens (including phenoxy) is 2. The average molecular weight is 242 g/mol. The summed E-state index contributed by atoms with van der Waals surface area (Å²) in [5.41, 5.74) is 0.748. The quantitative estimate of drug-likeness (QED) is 0.731. The van der Waals surface area contributed by atoms with Gasteiger partial charge in [-0.2, -0.15) is 0 Å². The first-order valence-corrected chi connectivity index (χ1v) is 6.89. The fourth-order valence-corrected chi connectivity index (χ4v) is 2.28. The second-order valence-electron chi connectivity index (χ2n) is 7.80. The van der Waals surface area contributed by atoms with E-state index in [-0.39, 0.29) is 0 Å². The van der Waals surface area contributed by atoms with Crippen LogP contribution in [0.4, 0.5) is 0 Å². The second kappa shape index (κ2) is 5.71. The van der Waals surface area contributed by atoms with E-state index < -0.39 is 0 Å². The molecule has 1 aliphatic rings. The van der Waals surface area contributed by atoms with Crippen molar-refractivity contribution in [3.8, 4) is 0 Å². The van der Waals surface area contributed by atoms with Gasteiger partial charge >= 0.3 is 0 Å². The Morgan fingerprint density at radius 1 is 0.882 bits per heavy atom. The Morgan fingerprint density at radius 2 is 1.47 bits per heavy atom. The van der Waals surface area contributed by atoms with Crippen molar-refractivity contribution in [3.05, 3.63) is 0 Å². The van der Waals surface area contributed by atoms with Crippen molar-refractivity contribution in [2.24, 2.45) is 10.8 Å². The summed E-state index contributed by atoms with van der Waals surface area (Å²) < 4.78 is 11.4. The zero-order valence-corrected chi connectivity index (χ0v) is 12.5. The lowest BCUT2D eigenvalue weighted by Crippen LogP contribution is -2.34. The summed E-state index contributed by atoms with van der Waals surface area (Å²) in [5, 5.41) is 0. The highest BCUT2D eigenvalue weighted by molar-refractivity contribution is 4.76. The lowest BCUT2D eigenvalue weighted by atomic mass is 9.85. The lowest BCUT2D eigenvalue weighted by Gasteiger charge is -2.34. The Bertz CT molecular complexity index is 222. The van der Waals surface area contributed by atoms with Gasteiger partial charge in [0, 0.05) is 0 Å². The van der Waals surface area contributed by atoms with E-state index in [9.17, 15) is 0 Å². The first-order valence-electron chi connectivity index (χ1n) is 6.89. The van der Waals surface area contributed by atoms with Crippen LogP contribution in [0.1, 0.15) is 67.2 Å². The SMILES string of the molecule is CC(C)(C)CCC1CC(CC(C)(C)C)OCO1. The van der Waals surface area contributed by atoms with Crippen LogP contribution in [-0.4, -0.2) is 19.0 Å². The Kier molecular flexibility index (Phi) is 5.03. The van der Waals surface area contributed by atoms with Crippen LogP contribution in [-0.2, 0) is 9.47 Å². The monoisotopic (exact) mass is 242 g/mol. The molecule has 1 aliphatic heterocycles. The van der Waals surface area contributed by atoms with Gasteiger partial charge in [-0.25, -0.2) is 0 Å². The normalized spacial score (nSPS) is 27.2. The van der Waals surface area contributed by atoms with Crippen molar-refractivity contribution in [1.82, 2.24) is 0 Å². The first-order chi connectivity index (χ1) is 7.66. The maximum Gasteiger partial charge on any atom is 0.147 e. The summed E-state index contributed by atoms with van der Waals surface area (Å²) in [6.07, 6.45) is 5.35. The molecule has 0 N–H and O–H groups in total. The summed E-state index contributed by atoms with van der Waals surface area (Å²) in [4.78, 5) is 0. The van der Waals surface area contributed by atoms with E-state index in [0.717, 1.165) is 19.3 Å². The Balaban J connectivity index is 2.34. The highest BCUT2D eigenvalue weighted by Crippen LogP contribution is 2.30. The standard InChI is InChI=1S/C15H30O2/c1-14(2,3)8-7-12-9-13(17-11-16-12)10-15(4,5)6/h12-13H,7-11H2,1-6H3. The third-order valence-electron chi connectivity index (χ3n) is 3.19. The first kappa shape index (κ1) is 15.0. The smallest absolute Gasteiger partial charge is 0.147 e. The molecule has 2 heteroatoms. The van der Waals surface area contributed by atoms with Gasteiger partial charge < -0.3 is 9.47 Å². The van der Waals surface area contributed by atoms with Gasteiger partial charge in [0.25, 0.3) is 0 Å². The van der Waals surface area contributed by atoms with E-state index in [4.69, 9.17) is 9.47 Å². The number of hydrogen-bond donors (Lipinski definition) is 0. The van der Waals surface area contributed by atoms with Crippen molar-refractivity contribution < 1.29 is 9.47 Å². The van der Waals surface area contributed by atoms with Gasteiger partial charge in [0.2, 0.25) is 0 Å². The Hall–Kier alpha value is -0.0800. The van der Waals surface area contributed by atoms with Crippen molar-refractivity contribution in [3.63, 3.8) is 0 Å². The molecule has 17 heavy (non-hydrogen) atoms. The predicted octanol–water partition coefficient (Wildman–Crippen LogP) is 4.38. The molecule has 1 heterocycles. The van der Waals surface area contributed by atoms with Crippen molar-refractivity contribution in [2.75, 3.05) is 6.79 Å². The number of rotatable bonds is 3. The molecule has 2 nitrogen and oxygen atoms in total. The summed E-state index contributed by atoms with van der Waals surface area (Å²) in [5.74, 6) is 0. The van der Waals surface area contributed by atoms with Gasteiger partial charge in [-0.3, -0.25) is 0 Å². The Labute approximate surface area is 107 Å². The van der Waals surface area contributed by atoms with E-state index in [1.54, 1.807) is 0 Å². The third kappa shape index (κ3) is 7.05. The zero-order valence-electron chi connectivity index (χ0n) is 12.5. The predicted molar refractivity (Wildman–Crippen MR) is 72.0 cm³/mol. The van der Waals surface area contributed by atoms with Crippen molar-refractivity contribution >= 4 is 0 Å². The maximum absolute atomic E-state index is 5.70. The topological polar surface area (TPSA) is 18.5 Å². The molecule has 0 amide bonds. The van der Waals surface area contributed by atoms with E-state index >= 15 is 0 Å². The van der Waals surface area contributed by atoms with E-state index in [0.29, 0.717) is 29.8 Å². The molecule has 1 fully saturated rings. The Morgan fingerprint density at radius 3 is 2.00 bits per heavy atom. The van der Waals surface area contributed by atoms with E-state index in [1.165, 1.54) is 6.42 Å². The van der Waals surface area contributed by atoms with Crippen LogP contribution in [0.15, 0.2) is 0 Å². The fraction of sp³-hybridized carbons (Fsp3) is 1.00. The lowest BCUT2D eigenvalue weighted by molar-refractivity contribution is -0.184. The molecule has 0 bridgehead atoms. The molecule has 0 radical (unpaired) electrons. The summed E-state index contributed by atoms with van der Waals surface area (Å²) in [7, 11) is 0. The van der Waals surface area contributed by atoms with E-state index in [1.807, 2.05) is 0 Å². The highest BCUT2D eigenvalue weighted by atomic mass is 16.7. The van der Waals surface area contributed by atoms with Crippen molar-refractivity contribution in [2.45, 2.75) is 79.4 Å². The molecule has 0 aromatic carbocycles. The molecule has 0 saturated carbocycles. The zero-order chi connectivity index (χ0) is 13.1. The molecule has 1 saturated heterocycles. The van der Waals surface area contributed by atoms with Gasteiger partial charge in [-0.05, 0) is 36.5 Å². The number of hydrogen-bond acceptors (Lipinski definition) is 2. The summed E-state index contributed by atoms with van der Waals surface area (Å²) >= 11 is 0. The average Bonchev–Trinajstić information content (AvgIpc) is 2.11. The third-order valence-corrected chi connectivity index (χ3v) is 3.19. The van der Waals surface area contributed by atoms with Gasteiger partial charge in [0.05, 0.1) is 12.2 Å². The molecule has 1 rings (SSSR count). The minimum Gasteiger partial charge on any atom is -0.352 e. The molecule has 102 valence electrons. The molecular formula is C15H30O2. The maximum atomic E-state index is 5.70. The van der Waals surface area contributed by atoms with E-state index in [2.05, 4.69) is 41.5 Å². The van der Waals surface area contributed by atoms with Gasteiger partial charge in [0.1, 0.15) is 6.79 Å². The minimum absolute atomic E-state index is 0.344. The van der Waals surface area contributed by atoms with Crippen LogP contribution >= 0.6 is 0 Å². The highest BCUT2D eigenvalue weighted by Gasteiger charge is 2.27. The molecule has 2 atom stereocenters. The van der Waals surface area contributed by atoms with Crippen LogP contribution in [0, 0.1) is 10.8 Å².